The first kappa shape index (κ1) is 30.3. The van der Waals surface area contributed by atoms with Crippen LogP contribution in [0, 0.1) is 0 Å². The number of benzene rings is 8. The van der Waals surface area contributed by atoms with Crippen LogP contribution in [0.3, 0.4) is 0 Å². The van der Waals surface area contributed by atoms with Gasteiger partial charge < -0.3 is 8.98 Å². The summed E-state index contributed by atoms with van der Waals surface area (Å²) in [6.45, 7) is 0. The number of hydrogen-bond donors (Lipinski definition) is 0. The molecule has 3 aromatic heterocycles. The first-order chi connectivity index (χ1) is 26.8. The fraction of sp³-hybridized carbons (Fsp3) is 0. The summed E-state index contributed by atoms with van der Waals surface area (Å²) in [5, 5.41) is 7.00. The van der Waals surface area contributed by atoms with Crippen LogP contribution in [0.5, 0.6) is 0 Å². The van der Waals surface area contributed by atoms with Gasteiger partial charge in [-0.05, 0) is 58.3 Å². The lowest BCUT2D eigenvalue weighted by molar-refractivity contribution is 0.668. The van der Waals surface area contributed by atoms with Crippen molar-refractivity contribution in [3.8, 4) is 51.0 Å². The van der Waals surface area contributed by atoms with Gasteiger partial charge >= 0.3 is 0 Å². The van der Waals surface area contributed by atoms with Crippen molar-refractivity contribution < 1.29 is 4.42 Å². The fourth-order valence-electron chi connectivity index (χ4n) is 7.96. The molecule has 3 heterocycles. The molecule has 0 unspecified atom stereocenters. The average Bonchev–Trinajstić information content (AvgIpc) is 3.78. The van der Waals surface area contributed by atoms with E-state index in [0.29, 0.717) is 17.5 Å². The van der Waals surface area contributed by atoms with Crippen molar-refractivity contribution in [3.05, 3.63) is 182 Å². The summed E-state index contributed by atoms with van der Waals surface area (Å²) in [5.74, 6) is 1.85. The Labute approximate surface area is 310 Å². The van der Waals surface area contributed by atoms with Gasteiger partial charge in [0, 0.05) is 50.0 Å². The number of hydrogen-bond acceptors (Lipinski definition) is 4. The summed E-state index contributed by atoms with van der Waals surface area (Å²) in [6, 6.07) is 63.4. The van der Waals surface area contributed by atoms with Gasteiger partial charge in [0.1, 0.15) is 11.2 Å². The number of rotatable bonds is 5. The van der Waals surface area contributed by atoms with Gasteiger partial charge in [-0.25, -0.2) is 15.0 Å². The van der Waals surface area contributed by atoms with Gasteiger partial charge in [-0.2, -0.15) is 0 Å². The number of nitrogens with zero attached hydrogens (tertiary/aromatic N) is 4. The van der Waals surface area contributed by atoms with Gasteiger partial charge in [0.2, 0.25) is 0 Å². The van der Waals surface area contributed by atoms with E-state index in [1.807, 2.05) is 66.7 Å². The summed E-state index contributed by atoms with van der Waals surface area (Å²) in [6.07, 6.45) is 0. The molecule has 0 radical (unpaired) electrons. The molecular formula is C49H30N4O. The lowest BCUT2D eigenvalue weighted by atomic mass is 9.93. The lowest BCUT2D eigenvalue weighted by Crippen LogP contribution is -2.00. The molecule has 0 aliphatic rings. The van der Waals surface area contributed by atoms with Crippen LogP contribution in [0.1, 0.15) is 0 Å². The second-order valence-electron chi connectivity index (χ2n) is 13.6. The third kappa shape index (κ3) is 4.83. The van der Waals surface area contributed by atoms with Gasteiger partial charge in [-0.15, -0.1) is 0 Å². The van der Waals surface area contributed by atoms with Gasteiger partial charge in [0.25, 0.3) is 0 Å². The van der Waals surface area contributed by atoms with Crippen molar-refractivity contribution in [2.24, 2.45) is 0 Å². The van der Waals surface area contributed by atoms with Crippen molar-refractivity contribution in [2.75, 3.05) is 0 Å². The molecule has 0 fully saturated rings. The summed E-state index contributed by atoms with van der Waals surface area (Å²) in [7, 11) is 0. The predicted octanol–water partition coefficient (Wildman–Crippen LogP) is 12.7. The Balaban J connectivity index is 1.09. The highest BCUT2D eigenvalue weighted by atomic mass is 16.3. The summed E-state index contributed by atoms with van der Waals surface area (Å²) >= 11 is 0. The van der Waals surface area contributed by atoms with Crippen LogP contribution in [0.2, 0.25) is 0 Å². The Bertz CT molecular complexity index is 3140. The van der Waals surface area contributed by atoms with Crippen molar-refractivity contribution in [1.82, 2.24) is 19.5 Å². The Morgan fingerprint density at radius 1 is 0.370 bits per heavy atom. The summed E-state index contributed by atoms with van der Waals surface area (Å²) < 4.78 is 9.06. The molecule has 0 aliphatic carbocycles. The van der Waals surface area contributed by atoms with E-state index in [0.717, 1.165) is 55.3 Å². The number of para-hydroxylation sites is 1. The van der Waals surface area contributed by atoms with E-state index < -0.39 is 0 Å². The Kier molecular flexibility index (Phi) is 6.79. The normalized spacial score (nSPS) is 11.7. The maximum Gasteiger partial charge on any atom is 0.164 e. The monoisotopic (exact) mass is 690 g/mol. The molecule has 8 aromatic carbocycles. The molecule has 5 heteroatoms. The van der Waals surface area contributed by atoms with Gasteiger partial charge in [0.15, 0.2) is 17.5 Å². The van der Waals surface area contributed by atoms with Crippen molar-refractivity contribution in [2.45, 2.75) is 0 Å². The minimum atomic E-state index is 0.595. The highest BCUT2D eigenvalue weighted by Gasteiger charge is 2.20. The van der Waals surface area contributed by atoms with E-state index >= 15 is 0 Å². The van der Waals surface area contributed by atoms with Gasteiger partial charge in [0.05, 0.1) is 11.0 Å². The second-order valence-corrected chi connectivity index (χ2v) is 13.6. The number of furan rings is 1. The molecule has 0 saturated carbocycles. The third-order valence-electron chi connectivity index (χ3n) is 10.4. The summed E-state index contributed by atoms with van der Waals surface area (Å²) in [4.78, 5) is 14.8. The van der Waals surface area contributed by atoms with Crippen LogP contribution in [0.4, 0.5) is 0 Å². The Hall–Kier alpha value is -7.37. The fourth-order valence-corrected chi connectivity index (χ4v) is 7.96. The topological polar surface area (TPSA) is 56.7 Å². The molecule has 0 N–H and O–H groups in total. The van der Waals surface area contributed by atoms with E-state index in [1.165, 1.54) is 32.7 Å². The Morgan fingerprint density at radius 3 is 1.59 bits per heavy atom. The molecule has 54 heavy (non-hydrogen) atoms. The quantitative estimate of drug-likeness (QED) is 0.180. The zero-order valence-corrected chi connectivity index (χ0v) is 29.0. The molecule has 0 bridgehead atoms. The van der Waals surface area contributed by atoms with Crippen LogP contribution >= 0.6 is 0 Å². The minimum Gasteiger partial charge on any atom is -0.456 e. The molecular weight excluding hydrogens is 661 g/mol. The van der Waals surface area contributed by atoms with E-state index in [1.54, 1.807) is 0 Å². The van der Waals surface area contributed by atoms with E-state index in [4.69, 9.17) is 19.4 Å². The van der Waals surface area contributed by atoms with E-state index in [9.17, 15) is 0 Å². The summed E-state index contributed by atoms with van der Waals surface area (Å²) in [5.41, 5.74) is 10.1. The van der Waals surface area contributed by atoms with E-state index in [2.05, 4.69) is 120 Å². The first-order valence-corrected chi connectivity index (χ1v) is 18.1. The standard InChI is InChI=1S/C49H30N4O/c1-4-14-31(15-5-1)45-37-21-11-10-20-34(37)28-42-46(45)40-22-12-13-23-41(40)53(42)36-25-27-39-38-26-24-35(29-43(38)54-44(39)30-36)49-51-47(32-16-6-2-7-17-32)50-48(52-49)33-18-8-3-9-19-33/h1-30H. The number of fused-ring (bicyclic) bond motifs is 7. The predicted molar refractivity (Wildman–Crippen MR) is 221 cm³/mol. The highest BCUT2D eigenvalue weighted by Crippen LogP contribution is 2.43. The zero-order valence-electron chi connectivity index (χ0n) is 29.0. The van der Waals surface area contributed by atoms with Crippen LogP contribution in [-0.2, 0) is 0 Å². The first-order valence-electron chi connectivity index (χ1n) is 18.1. The molecule has 0 amide bonds. The largest absolute Gasteiger partial charge is 0.456 e. The van der Waals surface area contributed by atoms with Crippen LogP contribution in [0.25, 0.3) is 105 Å². The van der Waals surface area contributed by atoms with Crippen LogP contribution in [-0.4, -0.2) is 19.5 Å². The molecule has 0 aliphatic heterocycles. The molecule has 5 nitrogen and oxygen atoms in total. The van der Waals surface area contributed by atoms with Gasteiger partial charge in [-0.1, -0.05) is 140 Å². The molecule has 0 saturated heterocycles. The molecule has 0 spiro atoms. The van der Waals surface area contributed by atoms with Gasteiger partial charge in [-0.3, -0.25) is 0 Å². The Morgan fingerprint density at radius 2 is 0.907 bits per heavy atom. The minimum absolute atomic E-state index is 0.595. The van der Waals surface area contributed by atoms with Crippen LogP contribution in [0.15, 0.2) is 186 Å². The van der Waals surface area contributed by atoms with Crippen molar-refractivity contribution in [1.29, 1.82) is 0 Å². The molecule has 11 aromatic rings. The smallest absolute Gasteiger partial charge is 0.164 e. The third-order valence-corrected chi connectivity index (χ3v) is 10.4. The maximum atomic E-state index is 6.69. The average molecular weight is 691 g/mol. The van der Waals surface area contributed by atoms with Crippen molar-refractivity contribution in [3.63, 3.8) is 0 Å². The lowest BCUT2D eigenvalue weighted by Gasteiger charge is -2.12. The number of aromatic nitrogens is 4. The van der Waals surface area contributed by atoms with E-state index in [-0.39, 0.29) is 0 Å². The maximum absolute atomic E-state index is 6.69. The second kappa shape index (κ2) is 12.1. The highest BCUT2D eigenvalue weighted by molar-refractivity contribution is 6.23. The molecule has 252 valence electrons. The molecule has 11 rings (SSSR count). The van der Waals surface area contributed by atoms with Crippen molar-refractivity contribution >= 4 is 54.5 Å². The molecule has 0 atom stereocenters. The zero-order chi connectivity index (χ0) is 35.6. The van der Waals surface area contributed by atoms with Crippen LogP contribution < -0.4 is 0 Å². The SMILES string of the molecule is c1ccc(-c2nc(-c3ccccc3)nc(-c3ccc4c(c3)oc3cc(-n5c6ccccc6c6c(-c7ccccc7)c7ccccc7cc65)ccc34)n2)cc1.